The van der Waals surface area contributed by atoms with E-state index in [2.05, 4.69) is 10.6 Å². The fourth-order valence-corrected chi connectivity index (χ4v) is 3.45. The van der Waals surface area contributed by atoms with Gasteiger partial charge in [-0.3, -0.25) is 14.4 Å². The van der Waals surface area contributed by atoms with Gasteiger partial charge in [-0.25, -0.2) is 0 Å². The minimum Gasteiger partial charge on any atom is -0.484 e. The van der Waals surface area contributed by atoms with Gasteiger partial charge in [-0.05, 0) is 25.0 Å². The first-order chi connectivity index (χ1) is 13.1. The zero-order valence-electron chi connectivity index (χ0n) is 15.8. The number of piperazine rings is 1. The third-order valence-corrected chi connectivity index (χ3v) is 4.87. The van der Waals surface area contributed by atoms with Crippen LogP contribution in [0.5, 0.6) is 5.75 Å². The quantitative estimate of drug-likeness (QED) is 0.690. The molecule has 1 aromatic rings. The Kier molecular flexibility index (Phi) is 8.53. The number of para-hydroxylation sites is 1. The van der Waals surface area contributed by atoms with Crippen LogP contribution in [-0.2, 0) is 14.4 Å². The number of benzene rings is 1. The molecule has 0 spiro atoms. The number of hydrogen-bond acceptors (Lipinski definition) is 5. The number of piperidine rings is 1. The smallest absolute Gasteiger partial charge is 0.258 e. The third kappa shape index (κ3) is 6.10. The maximum Gasteiger partial charge on any atom is 0.258 e. The Morgan fingerprint density at radius 2 is 2.00 bits per heavy atom. The fourth-order valence-electron chi connectivity index (χ4n) is 3.45. The van der Waals surface area contributed by atoms with Crippen molar-refractivity contribution >= 4 is 30.1 Å². The standard InChI is InChI=1S/C19H26N4O4.ClH/c24-17(14-27-16-6-2-1-3-7-16)21-12-18(25)22-9-4-5-15(13-22)23-10-8-20-11-19(23)26;/h1-3,6-7,15,20H,4-5,8-14H2,(H,21,24);1H. The average molecular weight is 411 g/mol. The largest absolute Gasteiger partial charge is 0.484 e. The molecule has 0 aliphatic carbocycles. The molecule has 0 saturated carbocycles. The molecule has 1 atom stereocenters. The topological polar surface area (TPSA) is 91.0 Å². The normalized spacial score (nSPS) is 19.6. The van der Waals surface area contributed by atoms with Crippen molar-refractivity contribution in [3.63, 3.8) is 0 Å². The van der Waals surface area contributed by atoms with E-state index in [1.807, 2.05) is 23.1 Å². The van der Waals surface area contributed by atoms with Crippen molar-refractivity contribution < 1.29 is 19.1 Å². The van der Waals surface area contributed by atoms with Gasteiger partial charge in [0, 0.05) is 32.2 Å². The predicted octanol–water partition coefficient (Wildman–Crippen LogP) is 0.0262. The van der Waals surface area contributed by atoms with E-state index in [0.29, 0.717) is 31.9 Å². The monoisotopic (exact) mass is 410 g/mol. The van der Waals surface area contributed by atoms with E-state index in [1.165, 1.54) is 0 Å². The first kappa shape index (κ1) is 22.0. The molecule has 2 aliphatic heterocycles. The highest BCUT2D eigenvalue weighted by atomic mass is 35.5. The number of carbonyl (C=O) groups is 3. The summed E-state index contributed by atoms with van der Waals surface area (Å²) in [7, 11) is 0. The van der Waals surface area contributed by atoms with Crippen molar-refractivity contribution in [3.8, 4) is 5.75 Å². The summed E-state index contributed by atoms with van der Waals surface area (Å²) in [6.45, 7) is 2.83. The molecular weight excluding hydrogens is 384 g/mol. The van der Waals surface area contributed by atoms with Crippen LogP contribution in [0.2, 0.25) is 0 Å². The van der Waals surface area contributed by atoms with Gasteiger partial charge in [-0.15, -0.1) is 12.4 Å². The lowest BCUT2D eigenvalue weighted by Crippen LogP contribution is -2.58. The minimum absolute atomic E-state index is 0. The van der Waals surface area contributed by atoms with E-state index < -0.39 is 0 Å². The number of ether oxygens (including phenoxy) is 1. The Hall–Kier alpha value is -2.32. The van der Waals surface area contributed by atoms with Crippen molar-refractivity contribution in [3.05, 3.63) is 30.3 Å². The van der Waals surface area contributed by atoms with Gasteiger partial charge in [-0.2, -0.15) is 0 Å². The van der Waals surface area contributed by atoms with E-state index in [1.54, 1.807) is 17.0 Å². The molecule has 0 aromatic heterocycles. The van der Waals surface area contributed by atoms with Gasteiger partial charge in [-0.1, -0.05) is 18.2 Å². The Balaban J connectivity index is 0.00000280. The third-order valence-electron chi connectivity index (χ3n) is 4.87. The Labute approximate surface area is 171 Å². The highest BCUT2D eigenvalue weighted by molar-refractivity contribution is 5.86. The molecule has 3 amide bonds. The van der Waals surface area contributed by atoms with Gasteiger partial charge in [0.25, 0.3) is 5.91 Å². The molecule has 0 bridgehead atoms. The van der Waals surface area contributed by atoms with Gasteiger partial charge >= 0.3 is 0 Å². The first-order valence-electron chi connectivity index (χ1n) is 9.36. The number of amides is 3. The van der Waals surface area contributed by atoms with Crippen molar-refractivity contribution in [1.82, 2.24) is 20.4 Å². The van der Waals surface area contributed by atoms with Crippen LogP contribution in [-0.4, -0.2) is 79.4 Å². The molecule has 154 valence electrons. The second-order valence-corrected chi connectivity index (χ2v) is 6.78. The van der Waals surface area contributed by atoms with Gasteiger partial charge in [0.1, 0.15) is 5.75 Å². The number of hydrogen-bond donors (Lipinski definition) is 2. The van der Waals surface area contributed by atoms with Crippen LogP contribution in [0.4, 0.5) is 0 Å². The fraction of sp³-hybridized carbons (Fsp3) is 0.526. The summed E-state index contributed by atoms with van der Waals surface area (Å²) in [6.07, 6.45) is 1.77. The molecule has 0 radical (unpaired) electrons. The average Bonchev–Trinajstić information content (AvgIpc) is 2.71. The van der Waals surface area contributed by atoms with E-state index in [0.717, 1.165) is 19.4 Å². The van der Waals surface area contributed by atoms with E-state index in [4.69, 9.17) is 4.74 Å². The van der Waals surface area contributed by atoms with E-state index in [9.17, 15) is 14.4 Å². The lowest BCUT2D eigenvalue weighted by atomic mass is 10.0. The van der Waals surface area contributed by atoms with Gasteiger partial charge in [0.15, 0.2) is 6.61 Å². The van der Waals surface area contributed by atoms with Crippen LogP contribution in [0, 0.1) is 0 Å². The van der Waals surface area contributed by atoms with Crippen LogP contribution < -0.4 is 15.4 Å². The molecule has 8 nitrogen and oxygen atoms in total. The molecule has 2 heterocycles. The maximum atomic E-state index is 12.4. The molecule has 28 heavy (non-hydrogen) atoms. The molecule has 2 N–H and O–H groups in total. The van der Waals surface area contributed by atoms with Crippen LogP contribution in [0.15, 0.2) is 30.3 Å². The summed E-state index contributed by atoms with van der Waals surface area (Å²) in [5.41, 5.74) is 0. The summed E-state index contributed by atoms with van der Waals surface area (Å²) < 4.78 is 5.37. The van der Waals surface area contributed by atoms with Crippen LogP contribution in [0.3, 0.4) is 0 Å². The van der Waals surface area contributed by atoms with Crippen molar-refractivity contribution in [1.29, 1.82) is 0 Å². The summed E-state index contributed by atoms with van der Waals surface area (Å²) >= 11 is 0. The highest BCUT2D eigenvalue weighted by Crippen LogP contribution is 2.17. The molecular formula is C19H27ClN4O4. The molecule has 1 aromatic carbocycles. The Bertz CT molecular complexity index is 673. The van der Waals surface area contributed by atoms with Gasteiger partial charge < -0.3 is 25.2 Å². The van der Waals surface area contributed by atoms with Crippen LogP contribution in [0.1, 0.15) is 12.8 Å². The van der Waals surface area contributed by atoms with Crippen molar-refractivity contribution in [2.45, 2.75) is 18.9 Å². The predicted molar refractivity (Wildman–Crippen MR) is 106 cm³/mol. The number of halogens is 1. The SMILES string of the molecule is Cl.O=C(COc1ccccc1)NCC(=O)N1CCCC(N2CCNCC2=O)C1. The summed E-state index contributed by atoms with van der Waals surface area (Å²) in [5, 5.41) is 5.67. The van der Waals surface area contributed by atoms with Crippen LogP contribution in [0.25, 0.3) is 0 Å². The number of likely N-dealkylation sites (tertiary alicyclic amines) is 1. The molecule has 1 unspecified atom stereocenters. The lowest BCUT2D eigenvalue weighted by molar-refractivity contribution is -0.140. The van der Waals surface area contributed by atoms with Gasteiger partial charge in [0.2, 0.25) is 11.8 Å². The number of nitrogens with zero attached hydrogens (tertiary/aromatic N) is 2. The minimum atomic E-state index is -0.335. The van der Waals surface area contributed by atoms with Gasteiger partial charge in [0.05, 0.1) is 13.1 Å². The summed E-state index contributed by atoms with van der Waals surface area (Å²) in [6, 6.07) is 9.12. The molecule has 3 rings (SSSR count). The van der Waals surface area contributed by atoms with E-state index >= 15 is 0 Å². The number of carbonyl (C=O) groups excluding carboxylic acids is 3. The molecule has 2 aliphatic rings. The molecule has 9 heteroatoms. The second kappa shape index (κ2) is 10.9. The number of nitrogens with one attached hydrogen (secondary N) is 2. The second-order valence-electron chi connectivity index (χ2n) is 6.78. The zero-order valence-corrected chi connectivity index (χ0v) is 16.6. The van der Waals surface area contributed by atoms with Crippen LogP contribution >= 0.6 is 12.4 Å². The summed E-state index contributed by atoms with van der Waals surface area (Å²) in [4.78, 5) is 40.0. The van der Waals surface area contributed by atoms with Crippen molar-refractivity contribution in [2.75, 3.05) is 45.9 Å². The Morgan fingerprint density at radius 3 is 2.75 bits per heavy atom. The van der Waals surface area contributed by atoms with E-state index in [-0.39, 0.29) is 49.3 Å². The highest BCUT2D eigenvalue weighted by Gasteiger charge is 2.31. The number of rotatable bonds is 6. The lowest BCUT2D eigenvalue weighted by Gasteiger charge is -2.41. The summed E-state index contributed by atoms with van der Waals surface area (Å²) in [5.74, 6) is 0.235. The Morgan fingerprint density at radius 1 is 1.21 bits per heavy atom. The molecule has 2 fully saturated rings. The van der Waals surface area contributed by atoms with Crippen molar-refractivity contribution in [2.24, 2.45) is 0 Å². The zero-order chi connectivity index (χ0) is 19.1. The molecule has 2 saturated heterocycles. The maximum absolute atomic E-state index is 12.4. The first-order valence-corrected chi connectivity index (χ1v) is 9.36.